The highest BCUT2D eigenvalue weighted by Crippen LogP contribution is 2.19. The summed E-state index contributed by atoms with van der Waals surface area (Å²) < 4.78 is 5.23. The monoisotopic (exact) mass is 389 g/mol. The molecule has 0 saturated heterocycles. The van der Waals surface area contributed by atoms with Crippen molar-refractivity contribution in [1.29, 1.82) is 0 Å². The molecule has 3 aromatic rings. The van der Waals surface area contributed by atoms with E-state index in [0.29, 0.717) is 41.1 Å². The minimum absolute atomic E-state index is 0.00573. The van der Waals surface area contributed by atoms with Gasteiger partial charge in [-0.25, -0.2) is 0 Å². The average Bonchev–Trinajstić information content (AvgIpc) is 3.11. The highest BCUT2D eigenvalue weighted by molar-refractivity contribution is 6.30. The molecule has 2 aromatic carbocycles. The van der Waals surface area contributed by atoms with Crippen LogP contribution in [0.1, 0.15) is 17.9 Å². The summed E-state index contributed by atoms with van der Waals surface area (Å²) in [5.41, 5.74) is 1.84. The molecule has 0 aliphatic rings. The largest absolute Gasteiger partial charge is 0.341 e. The first kappa shape index (κ1) is 18.4. The molecule has 0 fully saturated rings. The standard InChI is InChI=1S/C19H17Cl2N3O2/c1-24(12-13-2-6-15(20)7-3-13)18(25)11-10-17-22-19(23-26-17)14-4-8-16(21)9-5-14/h2-9H,10-12H2,1H3. The smallest absolute Gasteiger partial charge is 0.227 e. The molecule has 5 nitrogen and oxygen atoms in total. The van der Waals surface area contributed by atoms with Crippen LogP contribution in [0.15, 0.2) is 53.1 Å². The van der Waals surface area contributed by atoms with Crippen LogP contribution in [0.2, 0.25) is 10.0 Å². The van der Waals surface area contributed by atoms with Crippen molar-refractivity contribution in [2.75, 3.05) is 7.05 Å². The molecule has 134 valence electrons. The Bertz CT molecular complexity index is 877. The summed E-state index contributed by atoms with van der Waals surface area (Å²) in [5, 5.41) is 5.27. The van der Waals surface area contributed by atoms with E-state index < -0.39 is 0 Å². The fourth-order valence-corrected chi connectivity index (χ4v) is 2.68. The molecule has 0 unspecified atom stereocenters. The van der Waals surface area contributed by atoms with Crippen molar-refractivity contribution >= 4 is 29.1 Å². The van der Waals surface area contributed by atoms with Crippen LogP contribution in [0, 0.1) is 0 Å². The quantitative estimate of drug-likeness (QED) is 0.616. The first-order valence-electron chi connectivity index (χ1n) is 8.08. The Morgan fingerprint density at radius 2 is 1.65 bits per heavy atom. The highest BCUT2D eigenvalue weighted by Gasteiger charge is 2.13. The maximum Gasteiger partial charge on any atom is 0.227 e. The number of carbonyl (C=O) groups is 1. The van der Waals surface area contributed by atoms with Gasteiger partial charge >= 0.3 is 0 Å². The van der Waals surface area contributed by atoms with Crippen molar-refractivity contribution in [2.45, 2.75) is 19.4 Å². The Morgan fingerprint density at radius 1 is 1.04 bits per heavy atom. The number of nitrogens with zero attached hydrogens (tertiary/aromatic N) is 3. The average molecular weight is 390 g/mol. The molecule has 7 heteroatoms. The van der Waals surface area contributed by atoms with E-state index in [1.807, 2.05) is 36.4 Å². The number of benzene rings is 2. The van der Waals surface area contributed by atoms with Gasteiger partial charge in [-0.1, -0.05) is 40.5 Å². The molecule has 0 aliphatic carbocycles. The van der Waals surface area contributed by atoms with Gasteiger partial charge in [0.25, 0.3) is 0 Å². The third-order valence-electron chi connectivity index (χ3n) is 3.88. The van der Waals surface area contributed by atoms with E-state index in [4.69, 9.17) is 27.7 Å². The Hall–Kier alpha value is -2.37. The SMILES string of the molecule is CN(Cc1ccc(Cl)cc1)C(=O)CCc1nc(-c2ccc(Cl)cc2)no1. The zero-order chi connectivity index (χ0) is 18.5. The van der Waals surface area contributed by atoms with Crippen molar-refractivity contribution in [3.63, 3.8) is 0 Å². The Balaban J connectivity index is 1.54. The molecule has 0 radical (unpaired) electrons. The highest BCUT2D eigenvalue weighted by atomic mass is 35.5. The lowest BCUT2D eigenvalue weighted by molar-refractivity contribution is -0.130. The minimum atomic E-state index is 0.00573. The minimum Gasteiger partial charge on any atom is -0.341 e. The van der Waals surface area contributed by atoms with Crippen LogP contribution in [0.5, 0.6) is 0 Å². The second-order valence-corrected chi connectivity index (χ2v) is 6.77. The molecule has 1 aromatic heterocycles. The topological polar surface area (TPSA) is 59.2 Å². The summed E-state index contributed by atoms with van der Waals surface area (Å²) in [6.07, 6.45) is 0.691. The number of amides is 1. The molecule has 0 saturated carbocycles. The molecule has 0 spiro atoms. The maximum absolute atomic E-state index is 12.3. The Morgan fingerprint density at radius 3 is 2.31 bits per heavy atom. The number of hydrogen-bond acceptors (Lipinski definition) is 4. The third kappa shape index (κ3) is 4.84. The number of carbonyl (C=O) groups excluding carboxylic acids is 1. The van der Waals surface area contributed by atoms with Gasteiger partial charge in [0.15, 0.2) is 0 Å². The third-order valence-corrected chi connectivity index (χ3v) is 4.39. The van der Waals surface area contributed by atoms with Gasteiger partial charge < -0.3 is 9.42 Å². The van der Waals surface area contributed by atoms with E-state index in [9.17, 15) is 4.79 Å². The number of hydrogen-bond donors (Lipinski definition) is 0. The van der Waals surface area contributed by atoms with Gasteiger partial charge in [0.05, 0.1) is 0 Å². The molecule has 0 aliphatic heterocycles. The van der Waals surface area contributed by atoms with E-state index in [-0.39, 0.29) is 5.91 Å². The lowest BCUT2D eigenvalue weighted by atomic mass is 10.2. The summed E-state index contributed by atoms with van der Waals surface area (Å²) in [7, 11) is 1.77. The van der Waals surface area contributed by atoms with Gasteiger partial charge in [0.1, 0.15) is 0 Å². The first-order valence-corrected chi connectivity index (χ1v) is 8.84. The predicted octanol–water partition coefficient (Wildman–Crippen LogP) is 4.63. The van der Waals surface area contributed by atoms with Gasteiger partial charge in [-0.2, -0.15) is 4.98 Å². The molecule has 0 atom stereocenters. The summed E-state index contributed by atoms with van der Waals surface area (Å²) in [5.74, 6) is 0.924. The lowest BCUT2D eigenvalue weighted by Crippen LogP contribution is -2.26. The van der Waals surface area contributed by atoms with Gasteiger partial charge in [0, 0.05) is 42.0 Å². The summed E-state index contributed by atoms with van der Waals surface area (Å²) in [6.45, 7) is 0.524. The second-order valence-electron chi connectivity index (χ2n) is 5.89. The zero-order valence-electron chi connectivity index (χ0n) is 14.2. The van der Waals surface area contributed by atoms with E-state index in [1.165, 1.54) is 0 Å². The van der Waals surface area contributed by atoms with Gasteiger partial charge in [-0.05, 0) is 42.0 Å². The van der Waals surface area contributed by atoms with Crippen molar-refractivity contribution < 1.29 is 9.32 Å². The van der Waals surface area contributed by atoms with Crippen molar-refractivity contribution in [3.8, 4) is 11.4 Å². The van der Waals surface area contributed by atoms with Crippen LogP contribution >= 0.6 is 23.2 Å². The molecule has 1 amide bonds. The second kappa shape index (κ2) is 8.34. The summed E-state index contributed by atoms with van der Waals surface area (Å²) >= 11 is 11.7. The van der Waals surface area contributed by atoms with E-state index >= 15 is 0 Å². The van der Waals surface area contributed by atoms with Crippen molar-refractivity contribution in [2.24, 2.45) is 0 Å². The van der Waals surface area contributed by atoms with Crippen LogP contribution in [0.4, 0.5) is 0 Å². The maximum atomic E-state index is 12.3. The first-order chi connectivity index (χ1) is 12.5. The van der Waals surface area contributed by atoms with E-state index in [1.54, 1.807) is 24.1 Å². The molecular formula is C19H17Cl2N3O2. The van der Waals surface area contributed by atoms with E-state index in [0.717, 1.165) is 11.1 Å². The van der Waals surface area contributed by atoms with E-state index in [2.05, 4.69) is 10.1 Å². The van der Waals surface area contributed by atoms with Crippen LogP contribution < -0.4 is 0 Å². The van der Waals surface area contributed by atoms with Crippen LogP contribution in [-0.4, -0.2) is 28.0 Å². The molecule has 3 rings (SSSR count). The van der Waals surface area contributed by atoms with Gasteiger partial charge in [0.2, 0.25) is 17.6 Å². The van der Waals surface area contributed by atoms with Crippen molar-refractivity contribution in [3.05, 3.63) is 70.0 Å². The zero-order valence-corrected chi connectivity index (χ0v) is 15.7. The Kier molecular flexibility index (Phi) is 5.91. The van der Waals surface area contributed by atoms with Gasteiger partial charge in [-0.15, -0.1) is 0 Å². The number of halogens is 2. The summed E-state index contributed by atoms with van der Waals surface area (Å²) in [6, 6.07) is 14.6. The molecule has 1 heterocycles. The van der Waals surface area contributed by atoms with Crippen LogP contribution in [0.25, 0.3) is 11.4 Å². The normalized spacial score (nSPS) is 10.7. The number of rotatable bonds is 6. The molecule has 26 heavy (non-hydrogen) atoms. The van der Waals surface area contributed by atoms with Crippen LogP contribution in [0.3, 0.4) is 0 Å². The van der Waals surface area contributed by atoms with Gasteiger partial charge in [-0.3, -0.25) is 4.79 Å². The number of aryl methyl sites for hydroxylation is 1. The lowest BCUT2D eigenvalue weighted by Gasteiger charge is -2.16. The number of aromatic nitrogens is 2. The molecule has 0 N–H and O–H groups in total. The summed E-state index contributed by atoms with van der Waals surface area (Å²) in [4.78, 5) is 18.3. The fraction of sp³-hybridized carbons (Fsp3) is 0.211. The molecule has 0 bridgehead atoms. The van der Waals surface area contributed by atoms with Crippen LogP contribution in [-0.2, 0) is 17.8 Å². The fourth-order valence-electron chi connectivity index (χ4n) is 2.43. The molecular weight excluding hydrogens is 373 g/mol. The van der Waals surface area contributed by atoms with Crippen molar-refractivity contribution in [1.82, 2.24) is 15.0 Å². The Labute approximate surface area is 161 Å². The predicted molar refractivity (Wildman–Crippen MR) is 101 cm³/mol.